The lowest BCUT2D eigenvalue weighted by Gasteiger charge is -2.41. The largest absolute Gasteiger partial charge is 0.497 e. The van der Waals surface area contributed by atoms with Gasteiger partial charge in [-0.25, -0.2) is 0 Å². The van der Waals surface area contributed by atoms with Gasteiger partial charge in [0.25, 0.3) is 5.91 Å². The second-order valence-electron chi connectivity index (χ2n) is 10.6. The summed E-state index contributed by atoms with van der Waals surface area (Å²) in [5.41, 5.74) is 3.19. The fourth-order valence-electron chi connectivity index (χ4n) is 6.43. The molecule has 5 rings (SSSR count). The van der Waals surface area contributed by atoms with E-state index in [4.69, 9.17) is 9.47 Å². The number of hydrogen-bond donors (Lipinski definition) is 1. The van der Waals surface area contributed by atoms with E-state index in [2.05, 4.69) is 34.5 Å². The average molecular weight is 506 g/mol. The number of aryl methyl sites for hydroxylation is 1. The van der Waals surface area contributed by atoms with Gasteiger partial charge in [-0.2, -0.15) is 0 Å². The summed E-state index contributed by atoms with van der Waals surface area (Å²) in [4.78, 5) is 31.3. The van der Waals surface area contributed by atoms with Crippen molar-refractivity contribution in [3.63, 3.8) is 0 Å². The van der Waals surface area contributed by atoms with Crippen LogP contribution in [0.3, 0.4) is 0 Å². The van der Waals surface area contributed by atoms with Crippen LogP contribution < -0.4 is 14.8 Å². The molecule has 3 aliphatic rings. The molecule has 1 N–H and O–H groups in total. The zero-order valence-electron chi connectivity index (χ0n) is 22.1. The molecular weight excluding hydrogens is 466 g/mol. The van der Waals surface area contributed by atoms with Crippen molar-refractivity contribution in [2.24, 2.45) is 5.92 Å². The SMILES string of the molecule is COc1cc(OC)cc(C(=O)N2CCN([C@@H](C(=O)N[C@H]3CCCc4ccccc43)C3CCCC3)CC2)c1. The minimum absolute atomic E-state index is 0.0301. The number of rotatable bonds is 7. The van der Waals surface area contributed by atoms with E-state index in [1.54, 1.807) is 32.4 Å². The van der Waals surface area contributed by atoms with Crippen LogP contribution in [0.2, 0.25) is 0 Å². The zero-order valence-corrected chi connectivity index (χ0v) is 22.1. The monoisotopic (exact) mass is 505 g/mol. The summed E-state index contributed by atoms with van der Waals surface area (Å²) in [5.74, 6) is 1.71. The molecule has 2 aromatic rings. The number of carbonyl (C=O) groups excluding carboxylic acids is 2. The van der Waals surface area contributed by atoms with Gasteiger partial charge in [-0.15, -0.1) is 0 Å². The van der Waals surface area contributed by atoms with Crippen LogP contribution in [-0.2, 0) is 11.2 Å². The Kier molecular flexibility index (Phi) is 7.99. The van der Waals surface area contributed by atoms with Crippen molar-refractivity contribution in [1.29, 1.82) is 0 Å². The van der Waals surface area contributed by atoms with Gasteiger partial charge in [0.15, 0.2) is 0 Å². The fourth-order valence-corrected chi connectivity index (χ4v) is 6.43. The van der Waals surface area contributed by atoms with Crippen molar-refractivity contribution in [1.82, 2.24) is 15.1 Å². The molecule has 37 heavy (non-hydrogen) atoms. The minimum Gasteiger partial charge on any atom is -0.497 e. The van der Waals surface area contributed by atoms with E-state index in [0.29, 0.717) is 49.2 Å². The van der Waals surface area contributed by atoms with Crippen molar-refractivity contribution in [2.75, 3.05) is 40.4 Å². The van der Waals surface area contributed by atoms with Crippen LogP contribution >= 0.6 is 0 Å². The number of piperazine rings is 1. The van der Waals surface area contributed by atoms with Crippen LogP contribution in [-0.4, -0.2) is 68.1 Å². The molecule has 2 fully saturated rings. The Morgan fingerprint density at radius 2 is 1.57 bits per heavy atom. The minimum atomic E-state index is -0.134. The summed E-state index contributed by atoms with van der Waals surface area (Å²) < 4.78 is 10.7. The topological polar surface area (TPSA) is 71.1 Å². The molecule has 1 saturated carbocycles. The molecule has 198 valence electrons. The van der Waals surface area contributed by atoms with Gasteiger partial charge in [-0.05, 0) is 61.3 Å². The molecule has 0 aromatic heterocycles. The van der Waals surface area contributed by atoms with Crippen molar-refractivity contribution < 1.29 is 19.1 Å². The molecule has 2 atom stereocenters. The summed E-state index contributed by atoms with van der Waals surface area (Å²) in [5, 5.41) is 3.45. The Morgan fingerprint density at radius 3 is 2.24 bits per heavy atom. The summed E-state index contributed by atoms with van der Waals surface area (Å²) in [6.45, 7) is 2.59. The van der Waals surface area contributed by atoms with E-state index in [1.165, 1.54) is 24.0 Å². The molecule has 1 saturated heterocycles. The molecule has 2 amide bonds. The molecule has 7 heteroatoms. The van der Waals surface area contributed by atoms with Gasteiger partial charge in [-0.3, -0.25) is 14.5 Å². The highest BCUT2D eigenvalue weighted by Crippen LogP contribution is 2.34. The maximum atomic E-state index is 13.8. The van der Waals surface area contributed by atoms with Crippen molar-refractivity contribution in [3.8, 4) is 11.5 Å². The maximum absolute atomic E-state index is 13.8. The van der Waals surface area contributed by atoms with Gasteiger partial charge in [0.05, 0.1) is 26.3 Å². The highest BCUT2D eigenvalue weighted by molar-refractivity contribution is 5.95. The lowest BCUT2D eigenvalue weighted by molar-refractivity contribution is -0.130. The van der Waals surface area contributed by atoms with Crippen molar-refractivity contribution in [2.45, 2.75) is 57.0 Å². The Balaban J connectivity index is 1.27. The molecule has 0 spiro atoms. The lowest BCUT2D eigenvalue weighted by Crippen LogP contribution is -2.58. The molecule has 2 aromatic carbocycles. The van der Waals surface area contributed by atoms with Gasteiger partial charge in [0.2, 0.25) is 5.91 Å². The van der Waals surface area contributed by atoms with E-state index in [-0.39, 0.29) is 23.9 Å². The highest BCUT2D eigenvalue weighted by atomic mass is 16.5. The Labute approximate surface area is 220 Å². The summed E-state index contributed by atoms with van der Waals surface area (Å²) in [7, 11) is 3.17. The predicted molar refractivity (Wildman–Crippen MR) is 143 cm³/mol. The quantitative estimate of drug-likeness (QED) is 0.610. The van der Waals surface area contributed by atoms with Gasteiger partial charge >= 0.3 is 0 Å². The number of fused-ring (bicyclic) bond motifs is 1. The standard InChI is InChI=1S/C30H39N3O4/c1-36-24-18-23(19-25(20-24)37-2)30(35)33-16-14-32(15-17-33)28(22-9-3-4-10-22)29(34)31-27-13-7-11-21-8-5-6-12-26(21)27/h5-6,8,12,18-20,22,27-28H,3-4,7,9-11,13-17H2,1-2H3,(H,31,34)/t27-,28+/m0/s1. The van der Waals surface area contributed by atoms with Crippen LogP contribution in [0, 0.1) is 5.92 Å². The number of amides is 2. The lowest BCUT2D eigenvalue weighted by atomic mass is 9.87. The molecular formula is C30H39N3O4. The first-order chi connectivity index (χ1) is 18.1. The number of hydrogen-bond acceptors (Lipinski definition) is 5. The third-order valence-electron chi connectivity index (χ3n) is 8.39. The Morgan fingerprint density at radius 1 is 0.892 bits per heavy atom. The highest BCUT2D eigenvalue weighted by Gasteiger charge is 2.38. The van der Waals surface area contributed by atoms with Crippen LogP contribution in [0.15, 0.2) is 42.5 Å². The van der Waals surface area contributed by atoms with Crippen LogP contribution in [0.4, 0.5) is 0 Å². The number of ether oxygens (including phenoxy) is 2. The number of methoxy groups -OCH3 is 2. The van der Waals surface area contributed by atoms with E-state index >= 15 is 0 Å². The second kappa shape index (κ2) is 11.5. The fraction of sp³-hybridized carbons (Fsp3) is 0.533. The first-order valence-corrected chi connectivity index (χ1v) is 13.7. The van der Waals surface area contributed by atoms with Gasteiger partial charge in [0.1, 0.15) is 11.5 Å². The van der Waals surface area contributed by atoms with Gasteiger partial charge in [0, 0.05) is 37.8 Å². The molecule has 1 aliphatic heterocycles. The molecule has 1 heterocycles. The van der Waals surface area contributed by atoms with Crippen LogP contribution in [0.1, 0.15) is 66.1 Å². The average Bonchev–Trinajstić information content (AvgIpc) is 3.47. The molecule has 2 aliphatic carbocycles. The summed E-state index contributed by atoms with van der Waals surface area (Å²) in [6.07, 6.45) is 7.76. The first kappa shape index (κ1) is 25.6. The smallest absolute Gasteiger partial charge is 0.254 e. The number of nitrogens with one attached hydrogen (secondary N) is 1. The van der Waals surface area contributed by atoms with E-state index in [9.17, 15) is 9.59 Å². The maximum Gasteiger partial charge on any atom is 0.254 e. The van der Waals surface area contributed by atoms with Crippen LogP contribution in [0.5, 0.6) is 11.5 Å². The molecule has 0 radical (unpaired) electrons. The Hall–Kier alpha value is -3.06. The van der Waals surface area contributed by atoms with Crippen molar-refractivity contribution in [3.05, 3.63) is 59.2 Å². The first-order valence-electron chi connectivity index (χ1n) is 13.7. The predicted octanol–water partition coefficient (Wildman–Crippen LogP) is 4.21. The number of carbonyl (C=O) groups is 2. The normalized spacial score (nSPS) is 21.2. The molecule has 0 unspecified atom stereocenters. The van der Waals surface area contributed by atoms with E-state index < -0.39 is 0 Å². The number of nitrogens with zero attached hydrogens (tertiary/aromatic N) is 2. The Bertz CT molecular complexity index is 1080. The zero-order chi connectivity index (χ0) is 25.8. The van der Waals surface area contributed by atoms with Gasteiger partial charge in [-0.1, -0.05) is 37.1 Å². The third-order valence-corrected chi connectivity index (χ3v) is 8.39. The van der Waals surface area contributed by atoms with Crippen LogP contribution in [0.25, 0.3) is 0 Å². The van der Waals surface area contributed by atoms with Crippen molar-refractivity contribution >= 4 is 11.8 Å². The second-order valence-corrected chi connectivity index (χ2v) is 10.6. The number of benzene rings is 2. The molecule has 0 bridgehead atoms. The van der Waals surface area contributed by atoms with E-state index in [1.807, 2.05) is 4.90 Å². The van der Waals surface area contributed by atoms with E-state index in [0.717, 1.165) is 32.1 Å². The summed E-state index contributed by atoms with van der Waals surface area (Å²) in [6, 6.07) is 13.8. The summed E-state index contributed by atoms with van der Waals surface area (Å²) >= 11 is 0. The molecule has 7 nitrogen and oxygen atoms in total. The third kappa shape index (κ3) is 5.61. The van der Waals surface area contributed by atoms with Gasteiger partial charge < -0.3 is 19.7 Å².